The molecule has 0 aromatic carbocycles. The van der Waals surface area contributed by atoms with Crippen molar-refractivity contribution in [1.29, 1.82) is 0 Å². The summed E-state index contributed by atoms with van der Waals surface area (Å²) in [5.41, 5.74) is 7.98. The monoisotopic (exact) mass is 267 g/mol. The number of ether oxygens (including phenoxy) is 1. The number of alkyl halides is 3. The van der Waals surface area contributed by atoms with E-state index in [9.17, 15) is 13.2 Å². The van der Waals surface area contributed by atoms with Gasteiger partial charge in [0.25, 0.3) is 0 Å². The molecule has 0 N–H and O–H groups in total. The first-order valence-electron chi connectivity index (χ1n) is 4.15. The molecule has 0 amide bonds. The average molecular weight is 268 g/mol. The van der Waals surface area contributed by atoms with Gasteiger partial charge in [0.1, 0.15) is 0 Å². The van der Waals surface area contributed by atoms with Gasteiger partial charge in [0, 0.05) is 4.91 Å². The van der Waals surface area contributed by atoms with E-state index in [4.69, 9.17) is 17.1 Å². The first-order chi connectivity index (χ1) is 7.93. The Kier molecular flexibility index (Phi) is 4.36. The van der Waals surface area contributed by atoms with E-state index in [1.807, 2.05) is 0 Å². The Labute approximate surface area is 98.0 Å². The van der Waals surface area contributed by atoms with Crippen LogP contribution in [0, 0.1) is 0 Å². The second kappa shape index (κ2) is 5.55. The summed E-state index contributed by atoms with van der Waals surface area (Å²) < 4.78 is 41.8. The van der Waals surface area contributed by atoms with Gasteiger partial charge in [-0.2, -0.15) is 18.2 Å². The third-order valence-electron chi connectivity index (χ3n) is 1.52. The third-order valence-corrected chi connectivity index (χ3v) is 1.70. The average Bonchev–Trinajstić information content (AvgIpc) is 2.22. The molecule has 1 aromatic heterocycles. The number of hydrogen-bond donors (Lipinski definition) is 0. The highest BCUT2D eigenvalue weighted by molar-refractivity contribution is 6.29. The van der Waals surface area contributed by atoms with Crippen LogP contribution in [0.15, 0.2) is 17.5 Å². The van der Waals surface area contributed by atoms with Gasteiger partial charge in [0.15, 0.2) is 5.15 Å². The maximum absolute atomic E-state index is 12.4. The first kappa shape index (κ1) is 13.3. The lowest BCUT2D eigenvalue weighted by Crippen LogP contribution is -2.37. The Morgan fingerprint density at radius 3 is 2.76 bits per heavy atom. The van der Waals surface area contributed by atoms with Crippen molar-refractivity contribution in [3.63, 3.8) is 0 Å². The summed E-state index contributed by atoms with van der Waals surface area (Å²) in [6.45, 7) is -0.895. The van der Waals surface area contributed by atoms with Crippen LogP contribution in [0.25, 0.3) is 10.4 Å². The van der Waals surface area contributed by atoms with Gasteiger partial charge in [0.05, 0.1) is 18.9 Å². The Balaban J connectivity index is 2.82. The molecule has 0 fully saturated rings. The summed E-state index contributed by atoms with van der Waals surface area (Å²) in [5.74, 6) is -0.395. The van der Waals surface area contributed by atoms with Crippen molar-refractivity contribution in [3.05, 3.63) is 28.0 Å². The summed E-state index contributed by atoms with van der Waals surface area (Å²) in [6.07, 6.45) is -4.85. The molecular formula is C7H5ClF3N5O. The molecule has 1 atom stereocenters. The molecule has 10 heteroatoms. The SMILES string of the molecule is [N-]=[N+]=NCC(Oc1cncc(Cl)n1)C(F)(F)F. The lowest BCUT2D eigenvalue weighted by molar-refractivity contribution is -0.192. The van der Waals surface area contributed by atoms with E-state index in [1.165, 1.54) is 0 Å². The molecule has 1 aromatic rings. The van der Waals surface area contributed by atoms with Gasteiger partial charge in [-0.25, -0.2) is 0 Å². The van der Waals surface area contributed by atoms with Gasteiger partial charge in [0.2, 0.25) is 12.0 Å². The number of nitrogens with zero attached hydrogens (tertiary/aromatic N) is 5. The van der Waals surface area contributed by atoms with Crippen LogP contribution in [0.2, 0.25) is 5.15 Å². The fourth-order valence-corrected chi connectivity index (χ4v) is 0.986. The Bertz CT molecular complexity index is 434. The van der Waals surface area contributed by atoms with Gasteiger partial charge in [-0.15, -0.1) is 0 Å². The number of hydrogen-bond acceptors (Lipinski definition) is 4. The van der Waals surface area contributed by atoms with Crippen LogP contribution in [0.3, 0.4) is 0 Å². The van der Waals surface area contributed by atoms with Gasteiger partial charge in [-0.05, 0) is 5.53 Å². The third kappa shape index (κ3) is 4.33. The van der Waals surface area contributed by atoms with Crippen LogP contribution >= 0.6 is 11.6 Å². The van der Waals surface area contributed by atoms with Crippen LogP contribution in [0.4, 0.5) is 13.2 Å². The van der Waals surface area contributed by atoms with Crippen LogP contribution in [0.1, 0.15) is 0 Å². The zero-order valence-electron chi connectivity index (χ0n) is 8.10. The summed E-state index contributed by atoms with van der Waals surface area (Å²) in [6, 6.07) is 0. The molecule has 0 bridgehead atoms. The molecule has 17 heavy (non-hydrogen) atoms. The van der Waals surface area contributed by atoms with Gasteiger partial charge in [-0.1, -0.05) is 16.7 Å². The fraction of sp³-hybridized carbons (Fsp3) is 0.429. The van der Waals surface area contributed by atoms with Crippen molar-refractivity contribution in [2.45, 2.75) is 12.3 Å². The highest BCUT2D eigenvalue weighted by Crippen LogP contribution is 2.24. The molecular weight excluding hydrogens is 263 g/mol. The first-order valence-corrected chi connectivity index (χ1v) is 4.53. The molecule has 0 aliphatic carbocycles. The molecule has 1 rings (SSSR count). The summed E-state index contributed by atoms with van der Waals surface area (Å²) in [7, 11) is 0. The van der Waals surface area contributed by atoms with E-state index in [-0.39, 0.29) is 5.15 Å². The van der Waals surface area contributed by atoms with Crippen molar-refractivity contribution in [3.8, 4) is 5.88 Å². The summed E-state index contributed by atoms with van der Waals surface area (Å²) in [4.78, 5) is 9.22. The zero-order valence-corrected chi connectivity index (χ0v) is 8.85. The molecule has 92 valence electrons. The van der Waals surface area contributed by atoms with Crippen molar-refractivity contribution in [2.75, 3.05) is 6.54 Å². The van der Waals surface area contributed by atoms with Crippen LogP contribution < -0.4 is 4.74 Å². The second-order valence-corrected chi connectivity index (χ2v) is 3.13. The number of azide groups is 1. The molecule has 0 spiro atoms. The summed E-state index contributed by atoms with van der Waals surface area (Å²) in [5, 5.41) is 2.71. The molecule has 1 heterocycles. The smallest absolute Gasteiger partial charge is 0.425 e. The van der Waals surface area contributed by atoms with Gasteiger partial charge >= 0.3 is 6.18 Å². The van der Waals surface area contributed by atoms with E-state index in [0.717, 1.165) is 12.4 Å². The second-order valence-electron chi connectivity index (χ2n) is 2.74. The van der Waals surface area contributed by atoms with E-state index in [0.29, 0.717) is 0 Å². The lowest BCUT2D eigenvalue weighted by atomic mass is 10.3. The maximum Gasteiger partial charge on any atom is 0.425 e. The lowest BCUT2D eigenvalue weighted by Gasteiger charge is -2.18. The predicted octanol–water partition coefficient (Wildman–Crippen LogP) is 2.75. The van der Waals surface area contributed by atoms with Crippen molar-refractivity contribution >= 4 is 11.6 Å². The van der Waals surface area contributed by atoms with Crippen molar-refractivity contribution in [1.82, 2.24) is 9.97 Å². The predicted molar refractivity (Wildman–Crippen MR) is 51.5 cm³/mol. The Morgan fingerprint density at radius 2 is 2.24 bits per heavy atom. The number of rotatable bonds is 4. The van der Waals surface area contributed by atoms with E-state index >= 15 is 0 Å². The van der Waals surface area contributed by atoms with Crippen LogP contribution in [-0.2, 0) is 0 Å². The number of halogens is 4. The minimum absolute atomic E-state index is 0.104. The number of aromatic nitrogens is 2. The Morgan fingerprint density at radius 1 is 1.53 bits per heavy atom. The van der Waals surface area contributed by atoms with Crippen LogP contribution in [-0.4, -0.2) is 28.8 Å². The molecule has 0 saturated heterocycles. The highest BCUT2D eigenvalue weighted by atomic mass is 35.5. The van der Waals surface area contributed by atoms with E-state index in [1.54, 1.807) is 0 Å². The largest absolute Gasteiger partial charge is 0.463 e. The minimum atomic E-state index is -4.68. The molecule has 1 unspecified atom stereocenters. The van der Waals surface area contributed by atoms with Crippen molar-refractivity contribution < 1.29 is 17.9 Å². The molecule has 6 nitrogen and oxygen atoms in total. The van der Waals surface area contributed by atoms with E-state index in [2.05, 4.69) is 24.7 Å². The normalized spacial score (nSPS) is 12.7. The quantitative estimate of drug-likeness (QED) is 0.477. The van der Waals surface area contributed by atoms with Gasteiger partial charge < -0.3 is 4.74 Å². The summed E-state index contributed by atoms with van der Waals surface area (Å²) >= 11 is 5.43. The maximum atomic E-state index is 12.4. The molecule has 0 aliphatic heterocycles. The minimum Gasteiger partial charge on any atom is -0.463 e. The zero-order chi connectivity index (χ0) is 12.9. The fourth-order valence-electron chi connectivity index (χ4n) is 0.846. The standard InChI is InChI=1S/C7H5ClF3N5O/c8-5-2-13-3-6(15-5)17-4(1-14-16-12)7(9,10)11/h2-4H,1H2. The van der Waals surface area contributed by atoms with Crippen LogP contribution in [0.5, 0.6) is 5.88 Å². The molecule has 0 saturated carbocycles. The van der Waals surface area contributed by atoms with E-state index < -0.39 is 24.7 Å². The molecule has 0 radical (unpaired) electrons. The highest BCUT2D eigenvalue weighted by Gasteiger charge is 2.41. The topological polar surface area (TPSA) is 83.8 Å². The van der Waals surface area contributed by atoms with Crippen molar-refractivity contribution in [2.24, 2.45) is 5.11 Å². The Hall–Kier alpha value is -1.73. The van der Waals surface area contributed by atoms with Gasteiger partial charge in [-0.3, -0.25) is 4.98 Å². The molecule has 0 aliphatic rings.